The number of benzene rings is 2. The summed E-state index contributed by atoms with van der Waals surface area (Å²) in [6.45, 7) is 0.548. The van der Waals surface area contributed by atoms with E-state index >= 15 is 0 Å². The summed E-state index contributed by atoms with van der Waals surface area (Å²) in [5, 5.41) is 3.98. The molecule has 0 spiro atoms. The van der Waals surface area contributed by atoms with Crippen LogP contribution in [0.3, 0.4) is 0 Å². The molecule has 0 aliphatic heterocycles. The highest BCUT2D eigenvalue weighted by Crippen LogP contribution is 2.37. The average molecular weight is 465 g/mol. The fourth-order valence-corrected chi connectivity index (χ4v) is 3.36. The Morgan fingerprint density at radius 1 is 0.970 bits per heavy atom. The van der Waals surface area contributed by atoms with Gasteiger partial charge in [0.1, 0.15) is 11.3 Å². The maximum atomic E-state index is 14.7. The second-order valence-corrected chi connectivity index (χ2v) is 7.20. The highest BCUT2D eigenvalue weighted by atomic mass is 19.3. The Hall–Kier alpha value is -4.02. The van der Waals surface area contributed by atoms with E-state index in [0.29, 0.717) is 13.0 Å². The molecule has 0 aliphatic rings. The highest BCUT2D eigenvalue weighted by molar-refractivity contribution is 6.08. The molecule has 2 aromatic carbocycles. The van der Waals surface area contributed by atoms with Crippen LogP contribution in [0.25, 0.3) is 16.6 Å². The van der Waals surface area contributed by atoms with Crippen molar-refractivity contribution in [3.05, 3.63) is 93.4 Å². The van der Waals surface area contributed by atoms with Gasteiger partial charge in [-0.3, -0.25) is 19.2 Å². The minimum Gasteiger partial charge on any atom is -0.317 e. The van der Waals surface area contributed by atoms with Gasteiger partial charge in [-0.05, 0) is 23.8 Å². The Morgan fingerprint density at radius 2 is 1.64 bits per heavy atom. The van der Waals surface area contributed by atoms with Crippen molar-refractivity contribution in [3.63, 3.8) is 0 Å². The van der Waals surface area contributed by atoms with E-state index in [0.717, 1.165) is 18.2 Å². The van der Waals surface area contributed by atoms with Crippen molar-refractivity contribution in [2.24, 2.45) is 0 Å². The van der Waals surface area contributed by atoms with E-state index in [1.54, 1.807) is 5.32 Å². The Morgan fingerprint density at radius 3 is 2.27 bits per heavy atom. The zero-order chi connectivity index (χ0) is 24.1. The number of hydrogen-bond acceptors (Lipinski definition) is 2. The molecule has 11 heteroatoms. The van der Waals surface area contributed by atoms with Crippen LogP contribution >= 0.6 is 0 Å². The number of nitrogens with zero attached hydrogens (tertiary/aromatic N) is 1. The summed E-state index contributed by atoms with van der Waals surface area (Å²) in [4.78, 5) is 24.6. The quantitative estimate of drug-likeness (QED) is 0.321. The van der Waals surface area contributed by atoms with Crippen molar-refractivity contribution in [2.45, 2.75) is 12.8 Å². The highest BCUT2D eigenvalue weighted by Gasteiger charge is 2.30. The van der Waals surface area contributed by atoms with Crippen LogP contribution in [-0.4, -0.2) is 15.5 Å². The number of carbonyl (C=O) groups excluding carboxylic acids is 1. The maximum absolute atomic E-state index is 14.7. The monoisotopic (exact) mass is 465 g/mol. The molecule has 0 aliphatic carbocycles. The molecule has 0 atom stereocenters. The van der Waals surface area contributed by atoms with E-state index in [-0.39, 0.29) is 5.52 Å². The van der Waals surface area contributed by atoms with Crippen LogP contribution in [0.15, 0.2) is 53.5 Å². The van der Waals surface area contributed by atoms with Crippen LogP contribution in [0.5, 0.6) is 0 Å². The number of halogens is 6. The van der Waals surface area contributed by atoms with E-state index in [1.165, 1.54) is 28.9 Å². The number of aromatic nitrogens is 2. The first-order valence-electron chi connectivity index (χ1n) is 9.36. The summed E-state index contributed by atoms with van der Waals surface area (Å²) in [5.74, 6) is -12.4. The molecule has 0 unspecified atom stereocenters. The molecule has 2 heterocycles. The largest absolute Gasteiger partial charge is 0.317 e. The van der Waals surface area contributed by atoms with Gasteiger partial charge in [0.25, 0.3) is 17.4 Å². The molecule has 0 saturated carbocycles. The Bertz CT molecular complexity index is 1440. The van der Waals surface area contributed by atoms with Crippen molar-refractivity contribution in [1.82, 2.24) is 9.61 Å². The minimum absolute atomic E-state index is 0.0516. The molecule has 0 bridgehead atoms. The predicted molar refractivity (Wildman–Crippen MR) is 107 cm³/mol. The number of aromatic amines is 1. The second kappa shape index (κ2) is 7.84. The molecule has 170 valence electrons. The van der Waals surface area contributed by atoms with Crippen LogP contribution in [0.2, 0.25) is 0 Å². The van der Waals surface area contributed by atoms with Crippen LogP contribution in [-0.2, 0) is 5.92 Å². The molecule has 2 aromatic heterocycles. The molecule has 2 N–H and O–H groups in total. The number of fused-ring (bicyclic) bond motifs is 1. The average Bonchev–Trinajstić information content (AvgIpc) is 3.11. The molecular weight excluding hydrogens is 452 g/mol. The summed E-state index contributed by atoms with van der Waals surface area (Å²) in [5.41, 5.74) is -5.25. The molecule has 5 nitrogen and oxygen atoms in total. The summed E-state index contributed by atoms with van der Waals surface area (Å²) < 4.78 is 87.2. The van der Waals surface area contributed by atoms with Gasteiger partial charge in [0.2, 0.25) is 0 Å². The summed E-state index contributed by atoms with van der Waals surface area (Å²) in [7, 11) is 0. The van der Waals surface area contributed by atoms with Crippen LogP contribution in [0.4, 0.5) is 32.0 Å². The number of hydrogen-bond donors (Lipinski definition) is 2. The van der Waals surface area contributed by atoms with Crippen LogP contribution in [0.1, 0.15) is 22.8 Å². The first kappa shape index (κ1) is 22.2. The maximum Gasteiger partial charge on any atom is 0.277 e. The van der Waals surface area contributed by atoms with Crippen LogP contribution in [0, 0.1) is 23.3 Å². The zero-order valence-electron chi connectivity index (χ0n) is 16.7. The number of carbonyl (C=O) groups is 1. The van der Waals surface area contributed by atoms with Crippen molar-refractivity contribution >= 4 is 17.1 Å². The van der Waals surface area contributed by atoms with Crippen molar-refractivity contribution in [3.8, 4) is 11.1 Å². The topological polar surface area (TPSA) is 66.4 Å². The molecule has 33 heavy (non-hydrogen) atoms. The molecule has 0 fully saturated rings. The molecule has 4 aromatic rings. The first-order valence-corrected chi connectivity index (χ1v) is 9.36. The molecule has 0 radical (unpaired) electrons. The van der Waals surface area contributed by atoms with Gasteiger partial charge in [0.15, 0.2) is 23.3 Å². The number of amides is 1. The van der Waals surface area contributed by atoms with E-state index in [1.807, 2.05) is 0 Å². The lowest BCUT2D eigenvalue weighted by Gasteiger charge is -2.15. The summed E-state index contributed by atoms with van der Waals surface area (Å²) >= 11 is 0. The smallest absolute Gasteiger partial charge is 0.277 e. The molecule has 0 saturated heterocycles. The van der Waals surface area contributed by atoms with E-state index in [4.69, 9.17) is 0 Å². The Kier molecular flexibility index (Phi) is 5.27. The summed E-state index contributed by atoms with van der Waals surface area (Å²) in [6.07, 6.45) is 1.40. The van der Waals surface area contributed by atoms with Gasteiger partial charge < -0.3 is 5.32 Å². The third kappa shape index (κ3) is 3.75. The molecule has 4 rings (SSSR count). The van der Waals surface area contributed by atoms with E-state index in [9.17, 15) is 35.9 Å². The number of nitrogens with one attached hydrogen (secondary N) is 2. The number of alkyl halides is 2. The lowest BCUT2D eigenvalue weighted by molar-refractivity contribution is 0.0175. The minimum atomic E-state index is -3.37. The number of anilines is 1. The van der Waals surface area contributed by atoms with Gasteiger partial charge in [-0.25, -0.2) is 26.3 Å². The normalized spacial score (nSPS) is 11.7. The van der Waals surface area contributed by atoms with Gasteiger partial charge in [-0.2, -0.15) is 0 Å². The number of rotatable bonds is 4. The predicted octanol–water partition coefficient (Wildman–Crippen LogP) is 5.22. The third-order valence-electron chi connectivity index (χ3n) is 4.95. The number of pyridine rings is 1. The SMILES string of the molecule is CC(F)(F)c1cccc(-c2c(F)c(F)c(NC(=O)c3c(=O)[nH]n4ccccc34)c(F)c2F)c1. The van der Waals surface area contributed by atoms with Gasteiger partial charge in [0, 0.05) is 18.7 Å². The fraction of sp³-hybridized carbons (Fsp3) is 0.0909. The molecular formula is C22H13F6N3O2. The van der Waals surface area contributed by atoms with E-state index < -0.39 is 68.6 Å². The standard InChI is InChI=1S/C22H13F6N3O2/c1-22(27,28)11-6-4-5-10(9-11)13-15(23)17(25)19(18(26)16(13)24)29-20(32)14-12-7-2-3-8-31(12)30-21(14)33/h2-9H,1H3,(H,29,32)(H,30,33). The van der Waals surface area contributed by atoms with Crippen LogP contribution < -0.4 is 10.9 Å². The van der Waals surface area contributed by atoms with E-state index in [2.05, 4.69) is 5.10 Å². The Labute approximate surface area is 181 Å². The number of H-pyrrole nitrogens is 1. The first-order chi connectivity index (χ1) is 15.5. The zero-order valence-corrected chi connectivity index (χ0v) is 16.7. The van der Waals surface area contributed by atoms with Crippen molar-refractivity contribution in [1.29, 1.82) is 0 Å². The second-order valence-electron chi connectivity index (χ2n) is 7.20. The van der Waals surface area contributed by atoms with Crippen molar-refractivity contribution < 1.29 is 31.1 Å². The van der Waals surface area contributed by atoms with Gasteiger partial charge in [0.05, 0.1) is 11.1 Å². The Balaban J connectivity index is 1.80. The lowest BCUT2D eigenvalue weighted by Crippen LogP contribution is -2.22. The third-order valence-corrected chi connectivity index (χ3v) is 4.95. The van der Waals surface area contributed by atoms with Gasteiger partial charge >= 0.3 is 0 Å². The van der Waals surface area contributed by atoms with Gasteiger partial charge in [-0.15, -0.1) is 0 Å². The lowest BCUT2D eigenvalue weighted by atomic mass is 9.98. The summed E-state index contributed by atoms with van der Waals surface area (Å²) in [6, 6.07) is 8.13. The fourth-order valence-electron chi connectivity index (χ4n) is 3.36. The van der Waals surface area contributed by atoms with Crippen molar-refractivity contribution in [2.75, 3.05) is 5.32 Å². The van der Waals surface area contributed by atoms with Gasteiger partial charge in [-0.1, -0.05) is 24.3 Å². The molecule has 1 amide bonds.